The van der Waals surface area contributed by atoms with Crippen LogP contribution in [0.25, 0.3) is 0 Å². The number of ether oxygens (including phenoxy) is 1. The van der Waals surface area contributed by atoms with E-state index in [4.69, 9.17) is 4.74 Å². The molecule has 1 rings (SSSR count). The Labute approximate surface area is 99.8 Å². The van der Waals surface area contributed by atoms with Gasteiger partial charge in [0.2, 0.25) is 0 Å². The third-order valence-electron chi connectivity index (χ3n) is 2.96. The second kappa shape index (κ2) is 7.45. The molecule has 0 aliphatic carbocycles. The molecule has 0 aliphatic heterocycles. The summed E-state index contributed by atoms with van der Waals surface area (Å²) in [5, 5.41) is 0. The molecule has 0 amide bonds. The first kappa shape index (κ1) is 13.2. The van der Waals surface area contributed by atoms with Gasteiger partial charge >= 0.3 is 0 Å². The highest BCUT2D eigenvalue weighted by atomic mass is 16.5. The van der Waals surface area contributed by atoms with Crippen molar-refractivity contribution in [3.05, 3.63) is 35.9 Å². The summed E-state index contributed by atoms with van der Waals surface area (Å²) in [5.74, 6) is 1.31. The zero-order valence-electron chi connectivity index (χ0n) is 10.8. The van der Waals surface area contributed by atoms with Gasteiger partial charge in [0.05, 0.1) is 0 Å². The van der Waals surface area contributed by atoms with Crippen LogP contribution in [0.4, 0.5) is 0 Å². The maximum atomic E-state index is 5.68. The topological polar surface area (TPSA) is 9.23 Å². The van der Waals surface area contributed by atoms with Crippen molar-refractivity contribution in [2.45, 2.75) is 33.6 Å². The Bertz CT molecular complexity index is 266. The Kier molecular flexibility index (Phi) is 6.17. The molecule has 0 N–H and O–H groups in total. The largest absolute Gasteiger partial charge is 0.381 e. The fraction of sp³-hybridized carbons (Fsp3) is 0.600. The molecule has 0 radical (unpaired) electrons. The summed E-state index contributed by atoms with van der Waals surface area (Å²) in [6, 6.07) is 10.7. The minimum atomic E-state index is 0.633. The summed E-state index contributed by atoms with van der Waals surface area (Å²) < 4.78 is 5.68. The van der Waals surface area contributed by atoms with Gasteiger partial charge in [0.1, 0.15) is 0 Å². The molecule has 1 aromatic rings. The maximum Gasteiger partial charge on any atom is 0.0499 e. The molecule has 1 aromatic carbocycles. The quantitative estimate of drug-likeness (QED) is 0.633. The molecular weight excluding hydrogens is 196 g/mol. The van der Waals surface area contributed by atoms with Crippen molar-refractivity contribution < 1.29 is 4.74 Å². The Hall–Kier alpha value is -0.820. The van der Waals surface area contributed by atoms with E-state index in [9.17, 15) is 0 Å². The Morgan fingerprint density at radius 2 is 1.81 bits per heavy atom. The first-order valence-corrected chi connectivity index (χ1v) is 6.35. The number of benzene rings is 1. The standard InChI is InChI=1S/C15H24O/c1-4-10-16-12-15(13(2)3)11-14-8-6-5-7-9-14/h5-9,13,15H,4,10-12H2,1-3H3. The molecule has 1 heteroatoms. The van der Waals surface area contributed by atoms with Crippen LogP contribution in [0, 0.1) is 11.8 Å². The highest BCUT2D eigenvalue weighted by molar-refractivity contribution is 5.15. The Morgan fingerprint density at radius 1 is 1.12 bits per heavy atom. The normalized spacial score (nSPS) is 13.0. The molecule has 1 nitrogen and oxygen atoms in total. The molecule has 0 saturated heterocycles. The van der Waals surface area contributed by atoms with Gasteiger partial charge in [-0.1, -0.05) is 51.1 Å². The lowest BCUT2D eigenvalue weighted by Crippen LogP contribution is -2.19. The van der Waals surface area contributed by atoms with Gasteiger partial charge in [-0.2, -0.15) is 0 Å². The molecule has 1 atom stereocenters. The maximum absolute atomic E-state index is 5.68. The van der Waals surface area contributed by atoms with Gasteiger partial charge in [0.15, 0.2) is 0 Å². The molecule has 0 aliphatic rings. The van der Waals surface area contributed by atoms with Gasteiger partial charge in [-0.15, -0.1) is 0 Å². The van der Waals surface area contributed by atoms with E-state index in [1.54, 1.807) is 0 Å². The van der Waals surface area contributed by atoms with Crippen LogP contribution in [-0.4, -0.2) is 13.2 Å². The molecule has 0 spiro atoms. The van der Waals surface area contributed by atoms with Crippen molar-refractivity contribution >= 4 is 0 Å². The predicted molar refractivity (Wildman–Crippen MR) is 69.6 cm³/mol. The van der Waals surface area contributed by atoms with E-state index in [0.717, 1.165) is 26.1 Å². The third kappa shape index (κ3) is 4.80. The van der Waals surface area contributed by atoms with Crippen molar-refractivity contribution in [1.29, 1.82) is 0 Å². The van der Waals surface area contributed by atoms with E-state index in [0.29, 0.717) is 11.8 Å². The zero-order valence-corrected chi connectivity index (χ0v) is 10.8. The van der Waals surface area contributed by atoms with Crippen LogP contribution in [0.1, 0.15) is 32.8 Å². The molecule has 0 fully saturated rings. The van der Waals surface area contributed by atoms with Crippen molar-refractivity contribution in [1.82, 2.24) is 0 Å². The first-order chi connectivity index (χ1) is 7.74. The molecule has 1 unspecified atom stereocenters. The zero-order chi connectivity index (χ0) is 11.8. The Morgan fingerprint density at radius 3 is 2.38 bits per heavy atom. The van der Waals surface area contributed by atoms with Gasteiger partial charge in [0.25, 0.3) is 0 Å². The van der Waals surface area contributed by atoms with Crippen molar-refractivity contribution in [2.24, 2.45) is 11.8 Å². The van der Waals surface area contributed by atoms with Gasteiger partial charge in [-0.05, 0) is 30.2 Å². The fourth-order valence-electron chi connectivity index (χ4n) is 1.78. The lowest BCUT2D eigenvalue weighted by molar-refractivity contribution is 0.0834. The Balaban J connectivity index is 2.45. The van der Waals surface area contributed by atoms with Gasteiger partial charge in [0, 0.05) is 13.2 Å². The lowest BCUT2D eigenvalue weighted by Gasteiger charge is -2.20. The SMILES string of the molecule is CCCOCC(Cc1ccccc1)C(C)C. The second-order valence-corrected chi connectivity index (χ2v) is 4.77. The summed E-state index contributed by atoms with van der Waals surface area (Å²) in [7, 11) is 0. The highest BCUT2D eigenvalue weighted by Gasteiger charge is 2.14. The lowest BCUT2D eigenvalue weighted by atomic mass is 9.90. The first-order valence-electron chi connectivity index (χ1n) is 6.35. The summed E-state index contributed by atoms with van der Waals surface area (Å²) in [6.07, 6.45) is 2.23. The smallest absolute Gasteiger partial charge is 0.0499 e. The predicted octanol–water partition coefficient (Wildman–Crippen LogP) is 3.93. The molecular formula is C15H24O. The average Bonchev–Trinajstić information content (AvgIpc) is 2.29. The number of hydrogen-bond acceptors (Lipinski definition) is 1. The average molecular weight is 220 g/mol. The van der Waals surface area contributed by atoms with Crippen LogP contribution in [0.15, 0.2) is 30.3 Å². The van der Waals surface area contributed by atoms with Gasteiger partial charge in [-0.3, -0.25) is 0 Å². The van der Waals surface area contributed by atoms with Crippen LogP contribution in [0.3, 0.4) is 0 Å². The van der Waals surface area contributed by atoms with E-state index in [1.807, 2.05) is 0 Å². The van der Waals surface area contributed by atoms with Crippen molar-refractivity contribution in [3.8, 4) is 0 Å². The van der Waals surface area contributed by atoms with Crippen LogP contribution in [-0.2, 0) is 11.2 Å². The van der Waals surface area contributed by atoms with E-state index >= 15 is 0 Å². The second-order valence-electron chi connectivity index (χ2n) is 4.77. The van der Waals surface area contributed by atoms with Gasteiger partial charge in [-0.25, -0.2) is 0 Å². The summed E-state index contributed by atoms with van der Waals surface area (Å²) in [4.78, 5) is 0. The fourth-order valence-corrected chi connectivity index (χ4v) is 1.78. The molecule has 16 heavy (non-hydrogen) atoms. The molecule has 90 valence electrons. The summed E-state index contributed by atoms with van der Waals surface area (Å²) >= 11 is 0. The van der Waals surface area contributed by atoms with Crippen LogP contribution in [0.5, 0.6) is 0 Å². The number of rotatable bonds is 7. The van der Waals surface area contributed by atoms with Crippen LogP contribution in [0.2, 0.25) is 0 Å². The van der Waals surface area contributed by atoms with Crippen LogP contribution >= 0.6 is 0 Å². The van der Waals surface area contributed by atoms with E-state index in [1.165, 1.54) is 5.56 Å². The molecule has 0 bridgehead atoms. The minimum Gasteiger partial charge on any atom is -0.381 e. The minimum absolute atomic E-state index is 0.633. The number of hydrogen-bond donors (Lipinski definition) is 0. The summed E-state index contributed by atoms with van der Waals surface area (Å²) in [6.45, 7) is 8.49. The van der Waals surface area contributed by atoms with E-state index in [-0.39, 0.29) is 0 Å². The van der Waals surface area contributed by atoms with E-state index in [2.05, 4.69) is 51.1 Å². The van der Waals surface area contributed by atoms with Gasteiger partial charge < -0.3 is 4.74 Å². The highest BCUT2D eigenvalue weighted by Crippen LogP contribution is 2.17. The van der Waals surface area contributed by atoms with Crippen LogP contribution < -0.4 is 0 Å². The monoisotopic (exact) mass is 220 g/mol. The van der Waals surface area contributed by atoms with Crippen molar-refractivity contribution in [2.75, 3.05) is 13.2 Å². The molecule has 0 aromatic heterocycles. The van der Waals surface area contributed by atoms with E-state index < -0.39 is 0 Å². The summed E-state index contributed by atoms with van der Waals surface area (Å²) in [5.41, 5.74) is 1.42. The third-order valence-corrected chi connectivity index (χ3v) is 2.96. The molecule has 0 saturated carbocycles. The molecule has 0 heterocycles. The van der Waals surface area contributed by atoms with Crippen molar-refractivity contribution in [3.63, 3.8) is 0 Å².